The van der Waals surface area contributed by atoms with Gasteiger partial charge in [0.05, 0.1) is 6.20 Å². The number of nitrogens with one attached hydrogen (secondary N) is 1. The van der Waals surface area contributed by atoms with Crippen molar-refractivity contribution < 1.29 is 9.50 Å². The number of alkyl halides is 1. The van der Waals surface area contributed by atoms with Gasteiger partial charge < -0.3 is 10.4 Å². The first kappa shape index (κ1) is 16.3. The Morgan fingerprint density at radius 1 is 1.15 bits per heavy atom. The zero-order valence-corrected chi connectivity index (χ0v) is 14.5. The monoisotopic (exact) mass is 363 g/mol. The van der Waals surface area contributed by atoms with Crippen LogP contribution in [-0.2, 0) is 0 Å². The number of hydrogen-bond donors (Lipinski definition) is 2. The van der Waals surface area contributed by atoms with Gasteiger partial charge in [-0.25, -0.2) is 9.37 Å². The van der Waals surface area contributed by atoms with Crippen LogP contribution in [-0.4, -0.2) is 43.5 Å². The van der Waals surface area contributed by atoms with E-state index in [0.717, 1.165) is 29.2 Å². The molecule has 27 heavy (non-hydrogen) atoms. The Balaban J connectivity index is 1.45. The van der Waals surface area contributed by atoms with E-state index < -0.39 is 6.17 Å². The average molecular weight is 363 g/mol. The maximum Gasteiger partial charge on any atom is 0.174 e. The van der Waals surface area contributed by atoms with Crippen molar-refractivity contribution in [3.63, 3.8) is 0 Å². The summed E-state index contributed by atoms with van der Waals surface area (Å²) in [6.07, 6.45) is 8.23. The number of rotatable bonds is 2. The predicted octanol–water partition coefficient (Wildman–Crippen LogP) is 3.04. The highest BCUT2D eigenvalue weighted by molar-refractivity contribution is 5.89. The van der Waals surface area contributed by atoms with E-state index in [-0.39, 0.29) is 11.8 Å². The molecule has 7 heteroatoms. The van der Waals surface area contributed by atoms with Gasteiger partial charge >= 0.3 is 0 Å². The molecular weight excluding hydrogens is 345 g/mol. The van der Waals surface area contributed by atoms with Crippen LogP contribution in [0.2, 0.25) is 0 Å². The molecule has 2 saturated heterocycles. The highest BCUT2D eigenvalue weighted by atomic mass is 19.1. The number of phenolic OH excluding ortho intramolecular Hbond substituents is 1. The summed E-state index contributed by atoms with van der Waals surface area (Å²) in [4.78, 5) is 8.37. The molecular formula is C20H18FN5O. The molecule has 2 N–H and O–H groups in total. The van der Waals surface area contributed by atoms with Crippen LogP contribution < -0.4 is 5.32 Å². The van der Waals surface area contributed by atoms with Gasteiger partial charge in [-0.05, 0) is 54.5 Å². The fraction of sp³-hybridized carbons (Fsp3) is 0.300. The molecule has 2 fully saturated rings. The SMILES string of the molecule is Oc1cc2cnccc2cc1-c1cnc(/C=C2/C[C@@H]3CCC(N3)[C@H]2F)nn1. The molecule has 3 atom stereocenters. The number of halogens is 1. The minimum atomic E-state index is -0.995. The summed E-state index contributed by atoms with van der Waals surface area (Å²) < 4.78 is 14.5. The molecule has 2 aliphatic rings. The Morgan fingerprint density at radius 3 is 2.93 bits per heavy atom. The molecule has 136 valence electrons. The zero-order valence-electron chi connectivity index (χ0n) is 14.5. The summed E-state index contributed by atoms with van der Waals surface area (Å²) in [6, 6.07) is 5.60. The quantitative estimate of drug-likeness (QED) is 0.728. The summed E-state index contributed by atoms with van der Waals surface area (Å²) >= 11 is 0. The topological polar surface area (TPSA) is 83.8 Å². The van der Waals surface area contributed by atoms with Gasteiger partial charge in [0.1, 0.15) is 17.6 Å². The van der Waals surface area contributed by atoms with Crippen LogP contribution in [0, 0.1) is 0 Å². The van der Waals surface area contributed by atoms with Crippen molar-refractivity contribution in [2.45, 2.75) is 37.5 Å². The van der Waals surface area contributed by atoms with Gasteiger partial charge in [0.15, 0.2) is 5.82 Å². The molecule has 2 aromatic heterocycles. The molecule has 0 amide bonds. The average Bonchev–Trinajstić information content (AvgIpc) is 3.10. The van der Waals surface area contributed by atoms with Gasteiger partial charge in [-0.15, -0.1) is 10.2 Å². The van der Waals surface area contributed by atoms with Crippen LogP contribution in [0.4, 0.5) is 4.39 Å². The number of pyridine rings is 1. The van der Waals surface area contributed by atoms with E-state index in [1.807, 2.05) is 12.1 Å². The molecule has 2 aliphatic heterocycles. The highest BCUT2D eigenvalue weighted by Crippen LogP contribution is 2.34. The number of hydrogen-bond acceptors (Lipinski definition) is 6. The van der Waals surface area contributed by atoms with Crippen molar-refractivity contribution in [2.24, 2.45) is 0 Å². The van der Waals surface area contributed by atoms with Crippen molar-refractivity contribution in [1.82, 2.24) is 25.5 Å². The van der Waals surface area contributed by atoms with Gasteiger partial charge in [-0.2, -0.15) is 0 Å². The smallest absolute Gasteiger partial charge is 0.174 e. The van der Waals surface area contributed by atoms with Crippen molar-refractivity contribution in [2.75, 3.05) is 0 Å². The number of fused-ring (bicyclic) bond motifs is 3. The number of nitrogens with zero attached hydrogens (tertiary/aromatic N) is 4. The van der Waals surface area contributed by atoms with Crippen molar-refractivity contribution in [3.05, 3.63) is 48.2 Å². The first-order chi connectivity index (χ1) is 13.2. The molecule has 2 bridgehead atoms. The molecule has 0 radical (unpaired) electrons. The van der Waals surface area contributed by atoms with Crippen LogP contribution in [0.3, 0.4) is 0 Å². The van der Waals surface area contributed by atoms with Gasteiger partial charge in [0.2, 0.25) is 0 Å². The summed E-state index contributed by atoms with van der Waals surface area (Å²) in [7, 11) is 0. The third-order valence-electron chi connectivity index (χ3n) is 5.39. The van der Waals surface area contributed by atoms with Crippen LogP contribution in [0.15, 0.2) is 42.4 Å². The third kappa shape index (κ3) is 2.94. The lowest BCUT2D eigenvalue weighted by Gasteiger charge is -2.27. The van der Waals surface area contributed by atoms with Crippen molar-refractivity contribution >= 4 is 16.8 Å². The first-order valence-electron chi connectivity index (χ1n) is 9.05. The molecule has 6 nitrogen and oxygen atoms in total. The van der Waals surface area contributed by atoms with E-state index >= 15 is 0 Å². The molecule has 0 saturated carbocycles. The van der Waals surface area contributed by atoms with Crippen molar-refractivity contribution in [3.8, 4) is 17.0 Å². The second-order valence-electron chi connectivity index (χ2n) is 7.17. The van der Waals surface area contributed by atoms with Gasteiger partial charge in [-0.3, -0.25) is 4.98 Å². The van der Waals surface area contributed by atoms with Crippen LogP contribution in [0.1, 0.15) is 25.1 Å². The second-order valence-corrected chi connectivity index (χ2v) is 7.17. The van der Waals surface area contributed by atoms with Crippen molar-refractivity contribution in [1.29, 1.82) is 0 Å². The van der Waals surface area contributed by atoms with Gasteiger partial charge in [-0.1, -0.05) is 0 Å². The molecule has 1 aromatic carbocycles. The predicted molar refractivity (Wildman–Crippen MR) is 99.7 cm³/mol. The van der Waals surface area contributed by atoms with Crippen LogP contribution in [0.5, 0.6) is 5.75 Å². The Morgan fingerprint density at radius 2 is 2.07 bits per heavy atom. The standard InChI is InChI=1S/C20H18FN5O/c21-20-12(5-14-1-2-16(20)24-14)8-19-23-10-17(25-26-19)15-6-11-3-4-22-9-13(11)7-18(15)27/h3-4,6-10,14,16,20,24,27H,1-2,5H2/b12-8-/t14-,16?,20-/m0/s1. The molecule has 0 spiro atoms. The highest BCUT2D eigenvalue weighted by Gasteiger charge is 2.38. The lowest BCUT2D eigenvalue weighted by Crippen LogP contribution is -2.42. The van der Waals surface area contributed by atoms with E-state index in [9.17, 15) is 9.50 Å². The normalized spacial score (nSPS) is 26.0. The summed E-state index contributed by atoms with van der Waals surface area (Å²) in [5.41, 5.74) is 1.75. The van der Waals surface area contributed by atoms with E-state index in [1.165, 1.54) is 0 Å². The van der Waals surface area contributed by atoms with E-state index in [4.69, 9.17) is 0 Å². The molecule has 4 heterocycles. The van der Waals surface area contributed by atoms with Crippen LogP contribution in [0.25, 0.3) is 28.1 Å². The summed E-state index contributed by atoms with van der Waals surface area (Å²) in [5, 5.41) is 23.7. The Kier molecular flexibility index (Phi) is 3.82. The number of benzene rings is 1. The minimum absolute atomic E-state index is 0.0914. The zero-order chi connectivity index (χ0) is 18.4. The molecule has 3 aromatic rings. The number of piperidine rings is 1. The number of phenols is 1. The molecule has 0 aliphatic carbocycles. The van der Waals surface area contributed by atoms with E-state index in [2.05, 4.69) is 25.5 Å². The van der Waals surface area contributed by atoms with Gasteiger partial charge in [0, 0.05) is 35.4 Å². The number of aromatic hydroxyl groups is 1. The maximum atomic E-state index is 14.5. The molecule has 5 rings (SSSR count). The Hall–Kier alpha value is -2.93. The summed E-state index contributed by atoms with van der Waals surface area (Å²) in [6.45, 7) is 0. The summed E-state index contributed by atoms with van der Waals surface area (Å²) in [5.74, 6) is 0.485. The minimum Gasteiger partial charge on any atom is -0.507 e. The van der Waals surface area contributed by atoms with E-state index in [0.29, 0.717) is 29.5 Å². The lowest BCUT2D eigenvalue weighted by atomic mass is 9.96. The Bertz CT molecular complexity index is 1040. The largest absolute Gasteiger partial charge is 0.507 e. The fourth-order valence-electron chi connectivity index (χ4n) is 4.00. The fourth-order valence-corrected chi connectivity index (χ4v) is 4.00. The second kappa shape index (κ2) is 6.35. The molecule has 1 unspecified atom stereocenters. The maximum absolute atomic E-state index is 14.5. The number of aromatic nitrogens is 4. The Labute approximate surface area is 155 Å². The van der Waals surface area contributed by atoms with Crippen LogP contribution >= 0.6 is 0 Å². The lowest BCUT2D eigenvalue weighted by molar-refractivity contribution is 0.270. The van der Waals surface area contributed by atoms with E-state index in [1.54, 1.807) is 30.7 Å². The third-order valence-corrected chi connectivity index (χ3v) is 5.39. The first-order valence-corrected chi connectivity index (χ1v) is 9.05. The van der Waals surface area contributed by atoms with Gasteiger partial charge in [0.25, 0.3) is 0 Å².